The van der Waals surface area contributed by atoms with Gasteiger partial charge in [-0.1, -0.05) is 69.0 Å². The van der Waals surface area contributed by atoms with Crippen molar-refractivity contribution in [2.75, 3.05) is 0 Å². The number of aromatic nitrogens is 4. The normalized spacial score (nSPS) is 11.4. The zero-order chi connectivity index (χ0) is 23.4. The first-order valence-corrected chi connectivity index (χ1v) is 11.8. The lowest BCUT2D eigenvalue weighted by Crippen LogP contribution is -2.25. The molecule has 2 heterocycles. The van der Waals surface area contributed by atoms with Gasteiger partial charge in [0.1, 0.15) is 0 Å². The molecule has 0 saturated carbocycles. The summed E-state index contributed by atoms with van der Waals surface area (Å²) in [6, 6.07) is 19.1. The van der Waals surface area contributed by atoms with E-state index >= 15 is 0 Å². The SMILES string of the molecule is CCCCCCC(c1c(C)[nH]n(-c2ccccc2)c1=O)c1c(C)[nH]n(-c2ccccc2)c1=O. The van der Waals surface area contributed by atoms with Crippen molar-refractivity contribution in [3.8, 4) is 11.4 Å². The zero-order valence-corrected chi connectivity index (χ0v) is 19.6. The highest BCUT2D eigenvalue weighted by molar-refractivity contribution is 5.40. The summed E-state index contributed by atoms with van der Waals surface area (Å²) in [6.45, 7) is 6.03. The Morgan fingerprint density at radius 3 is 1.58 bits per heavy atom. The Morgan fingerprint density at radius 1 is 0.697 bits per heavy atom. The second kappa shape index (κ2) is 9.94. The molecule has 0 atom stereocenters. The number of H-pyrrole nitrogens is 2. The Balaban J connectivity index is 1.83. The van der Waals surface area contributed by atoms with Crippen LogP contribution >= 0.6 is 0 Å². The number of nitrogens with zero attached hydrogens (tertiary/aromatic N) is 2. The van der Waals surface area contributed by atoms with E-state index in [0.29, 0.717) is 11.1 Å². The van der Waals surface area contributed by atoms with E-state index in [4.69, 9.17) is 0 Å². The number of hydrogen-bond acceptors (Lipinski definition) is 2. The predicted octanol–water partition coefficient (Wildman–Crippen LogP) is 5.36. The van der Waals surface area contributed by atoms with E-state index in [1.54, 1.807) is 9.36 Å². The molecule has 0 radical (unpaired) electrons. The van der Waals surface area contributed by atoms with E-state index in [0.717, 1.165) is 54.9 Å². The van der Waals surface area contributed by atoms with Gasteiger partial charge < -0.3 is 0 Å². The monoisotopic (exact) mass is 444 g/mol. The molecule has 4 rings (SSSR count). The number of nitrogens with one attached hydrogen (secondary N) is 2. The molecule has 2 aromatic carbocycles. The smallest absolute Gasteiger partial charge is 0.275 e. The molecule has 0 bridgehead atoms. The van der Waals surface area contributed by atoms with Crippen molar-refractivity contribution < 1.29 is 0 Å². The fourth-order valence-electron chi connectivity index (χ4n) is 4.67. The predicted molar refractivity (Wildman–Crippen MR) is 133 cm³/mol. The lowest BCUT2D eigenvalue weighted by molar-refractivity contribution is 0.590. The van der Waals surface area contributed by atoms with Gasteiger partial charge >= 0.3 is 0 Å². The largest absolute Gasteiger partial charge is 0.295 e. The van der Waals surface area contributed by atoms with Gasteiger partial charge in [-0.05, 0) is 44.5 Å². The standard InChI is InChI=1S/C27H32N4O2/c1-4-5-6-13-18-23(24-19(2)28-30(26(24)32)21-14-9-7-10-15-21)25-20(3)29-31(27(25)33)22-16-11-8-12-17-22/h7-12,14-17,23,28-29H,4-6,13,18H2,1-3H3. The Kier molecular flexibility index (Phi) is 6.82. The molecular formula is C27H32N4O2. The summed E-state index contributed by atoms with van der Waals surface area (Å²) in [5.41, 5.74) is 4.34. The number of unbranched alkanes of at least 4 members (excludes halogenated alkanes) is 3. The molecule has 172 valence electrons. The maximum absolute atomic E-state index is 13.6. The van der Waals surface area contributed by atoms with E-state index < -0.39 is 0 Å². The van der Waals surface area contributed by atoms with Crippen LogP contribution in [-0.2, 0) is 0 Å². The van der Waals surface area contributed by atoms with Crippen molar-refractivity contribution in [1.29, 1.82) is 0 Å². The summed E-state index contributed by atoms with van der Waals surface area (Å²) in [7, 11) is 0. The maximum Gasteiger partial charge on any atom is 0.275 e. The molecule has 0 fully saturated rings. The van der Waals surface area contributed by atoms with Gasteiger partial charge in [-0.15, -0.1) is 0 Å². The Hall–Kier alpha value is -3.54. The highest BCUT2D eigenvalue weighted by atomic mass is 16.1. The number of hydrogen-bond donors (Lipinski definition) is 2. The van der Waals surface area contributed by atoms with Gasteiger partial charge in [-0.2, -0.15) is 0 Å². The Bertz CT molecular complexity index is 1210. The van der Waals surface area contributed by atoms with Gasteiger partial charge in [0, 0.05) is 28.4 Å². The summed E-state index contributed by atoms with van der Waals surface area (Å²) in [4.78, 5) is 27.2. The number of rotatable bonds is 9. The number of aromatic amines is 2. The molecule has 6 heteroatoms. The Labute approximate surface area is 193 Å². The molecule has 0 spiro atoms. The molecule has 0 aliphatic carbocycles. The fourth-order valence-corrected chi connectivity index (χ4v) is 4.67. The van der Waals surface area contributed by atoms with Gasteiger partial charge in [0.15, 0.2) is 0 Å². The molecule has 0 unspecified atom stereocenters. The van der Waals surface area contributed by atoms with Crippen molar-refractivity contribution in [1.82, 2.24) is 19.6 Å². The van der Waals surface area contributed by atoms with Crippen LogP contribution in [-0.4, -0.2) is 19.6 Å². The maximum atomic E-state index is 13.6. The van der Waals surface area contributed by atoms with E-state index in [9.17, 15) is 9.59 Å². The summed E-state index contributed by atoms with van der Waals surface area (Å²) < 4.78 is 3.17. The van der Waals surface area contributed by atoms with Crippen molar-refractivity contribution in [3.05, 3.63) is 104 Å². The number of aryl methyl sites for hydroxylation is 2. The van der Waals surface area contributed by atoms with Crippen LogP contribution in [0.4, 0.5) is 0 Å². The van der Waals surface area contributed by atoms with Crippen LogP contribution in [0.5, 0.6) is 0 Å². The van der Waals surface area contributed by atoms with Crippen LogP contribution in [0, 0.1) is 13.8 Å². The number of para-hydroxylation sites is 2. The molecule has 2 aromatic heterocycles. The topological polar surface area (TPSA) is 75.6 Å². The van der Waals surface area contributed by atoms with Crippen molar-refractivity contribution >= 4 is 0 Å². The zero-order valence-electron chi connectivity index (χ0n) is 19.6. The minimum Gasteiger partial charge on any atom is -0.295 e. The molecule has 2 N–H and O–H groups in total. The second-order valence-electron chi connectivity index (χ2n) is 8.66. The number of benzene rings is 2. The molecule has 4 aromatic rings. The first kappa shape index (κ1) is 22.6. The summed E-state index contributed by atoms with van der Waals surface area (Å²) in [5, 5.41) is 6.49. The first-order chi connectivity index (χ1) is 16.0. The highest BCUT2D eigenvalue weighted by Gasteiger charge is 2.29. The van der Waals surface area contributed by atoms with E-state index in [-0.39, 0.29) is 17.0 Å². The van der Waals surface area contributed by atoms with Crippen LogP contribution < -0.4 is 11.1 Å². The average Bonchev–Trinajstić information content (AvgIpc) is 3.30. The van der Waals surface area contributed by atoms with Crippen LogP contribution in [0.1, 0.15) is 67.5 Å². The molecule has 0 aliphatic heterocycles. The highest BCUT2D eigenvalue weighted by Crippen LogP contribution is 2.30. The molecular weight excluding hydrogens is 412 g/mol. The van der Waals surface area contributed by atoms with E-state index in [1.807, 2.05) is 74.5 Å². The van der Waals surface area contributed by atoms with Crippen molar-refractivity contribution in [2.24, 2.45) is 0 Å². The third-order valence-electron chi connectivity index (χ3n) is 6.31. The molecule has 0 aliphatic rings. The minimum atomic E-state index is -0.274. The van der Waals surface area contributed by atoms with Gasteiger partial charge in [0.25, 0.3) is 11.1 Å². The van der Waals surface area contributed by atoms with Crippen molar-refractivity contribution in [2.45, 2.75) is 58.8 Å². The summed E-state index contributed by atoms with van der Waals surface area (Å²) in [6.07, 6.45) is 5.08. The van der Waals surface area contributed by atoms with Gasteiger partial charge in [-0.3, -0.25) is 19.8 Å². The fraction of sp³-hybridized carbons (Fsp3) is 0.333. The molecule has 0 saturated heterocycles. The van der Waals surface area contributed by atoms with Gasteiger partial charge in [-0.25, -0.2) is 9.36 Å². The summed E-state index contributed by atoms with van der Waals surface area (Å²) >= 11 is 0. The van der Waals surface area contributed by atoms with Crippen LogP contribution in [0.2, 0.25) is 0 Å². The first-order valence-electron chi connectivity index (χ1n) is 11.8. The van der Waals surface area contributed by atoms with Crippen LogP contribution in [0.25, 0.3) is 11.4 Å². The third kappa shape index (κ3) is 4.51. The molecule has 0 amide bonds. The molecule has 6 nitrogen and oxygen atoms in total. The van der Waals surface area contributed by atoms with E-state index in [2.05, 4.69) is 17.1 Å². The third-order valence-corrected chi connectivity index (χ3v) is 6.31. The van der Waals surface area contributed by atoms with Crippen LogP contribution in [0.15, 0.2) is 70.3 Å². The Morgan fingerprint density at radius 2 is 1.15 bits per heavy atom. The van der Waals surface area contributed by atoms with E-state index in [1.165, 1.54) is 0 Å². The van der Waals surface area contributed by atoms with Crippen LogP contribution in [0.3, 0.4) is 0 Å². The lowest BCUT2D eigenvalue weighted by Gasteiger charge is -2.15. The lowest BCUT2D eigenvalue weighted by atomic mass is 9.87. The van der Waals surface area contributed by atoms with Gasteiger partial charge in [0.05, 0.1) is 11.4 Å². The quantitative estimate of drug-likeness (QED) is 0.341. The minimum absolute atomic E-state index is 0.0922. The molecule has 33 heavy (non-hydrogen) atoms. The van der Waals surface area contributed by atoms with Crippen molar-refractivity contribution in [3.63, 3.8) is 0 Å². The second-order valence-corrected chi connectivity index (χ2v) is 8.66. The summed E-state index contributed by atoms with van der Waals surface area (Å²) in [5.74, 6) is -0.274. The average molecular weight is 445 g/mol. The van der Waals surface area contributed by atoms with Gasteiger partial charge in [0.2, 0.25) is 0 Å².